The number of benzene rings is 3. The van der Waals surface area contributed by atoms with E-state index in [1.165, 1.54) is 6.21 Å². The minimum absolute atomic E-state index is 0.244. The number of nitrogens with zero attached hydrogens (tertiary/aromatic N) is 1. The number of rotatable bonds is 12. The third-order valence-corrected chi connectivity index (χ3v) is 4.94. The molecule has 0 heterocycles. The molecule has 0 aliphatic rings. The van der Waals surface area contributed by atoms with Gasteiger partial charge in [-0.15, -0.1) is 0 Å². The van der Waals surface area contributed by atoms with E-state index in [0.717, 1.165) is 6.42 Å². The first-order valence-corrected chi connectivity index (χ1v) is 11.8. The van der Waals surface area contributed by atoms with Crippen LogP contribution in [0.5, 0.6) is 23.0 Å². The standard InChI is InChI=1S/C27H27ClN2O6/c1-3-15-34-21-12-10-20(11-13-21)27(32)36-24-14-9-19(16-25(24)33-4-2)17-29-30-26(31)18-35-23-8-6-5-7-22(23)28/h5-14,16-17H,3-4,15,18H2,1-2H3,(H,30,31)/b29-17+. The molecular weight excluding hydrogens is 484 g/mol. The third kappa shape index (κ3) is 8.02. The highest BCUT2D eigenvalue weighted by Crippen LogP contribution is 2.29. The largest absolute Gasteiger partial charge is 0.494 e. The predicted molar refractivity (Wildman–Crippen MR) is 137 cm³/mol. The highest BCUT2D eigenvalue weighted by atomic mass is 35.5. The van der Waals surface area contributed by atoms with Crippen LogP contribution in [-0.4, -0.2) is 37.9 Å². The molecule has 1 amide bonds. The number of hydrazone groups is 1. The van der Waals surface area contributed by atoms with Gasteiger partial charge in [0.15, 0.2) is 18.1 Å². The van der Waals surface area contributed by atoms with Crippen molar-refractivity contribution in [1.29, 1.82) is 0 Å². The van der Waals surface area contributed by atoms with Gasteiger partial charge in [0.05, 0.1) is 30.0 Å². The molecule has 0 radical (unpaired) electrons. The first kappa shape index (κ1) is 26.6. The van der Waals surface area contributed by atoms with Crippen molar-refractivity contribution in [3.05, 3.63) is 82.9 Å². The molecule has 0 spiro atoms. The lowest BCUT2D eigenvalue weighted by molar-refractivity contribution is -0.123. The summed E-state index contributed by atoms with van der Waals surface area (Å²) in [6, 6.07) is 18.5. The maximum atomic E-state index is 12.6. The summed E-state index contributed by atoms with van der Waals surface area (Å²) in [6.07, 6.45) is 2.34. The maximum absolute atomic E-state index is 12.6. The van der Waals surface area contributed by atoms with Gasteiger partial charge in [0.1, 0.15) is 11.5 Å². The summed E-state index contributed by atoms with van der Waals surface area (Å²) in [5, 5.41) is 4.35. The first-order valence-electron chi connectivity index (χ1n) is 11.4. The monoisotopic (exact) mass is 510 g/mol. The van der Waals surface area contributed by atoms with Gasteiger partial charge in [-0.05, 0) is 73.5 Å². The Morgan fingerprint density at radius 1 is 0.917 bits per heavy atom. The van der Waals surface area contributed by atoms with Gasteiger partial charge in [-0.1, -0.05) is 30.7 Å². The molecule has 0 bridgehead atoms. The minimum Gasteiger partial charge on any atom is -0.494 e. The molecule has 0 saturated heterocycles. The van der Waals surface area contributed by atoms with Gasteiger partial charge in [0.2, 0.25) is 0 Å². The van der Waals surface area contributed by atoms with Crippen LogP contribution in [0.1, 0.15) is 36.2 Å². The lowest BCUT2D eigenvalue weighted by Gasteiger charge is -2.12. The molecule has 9 heteroatoms. The smallest absolute Gasteiger partial charge is 0.343 e. The van der Waals surface area contributed by atoms with E-state index in [0.29, 0.717) is 46.6 Å². The Labute approximate surface area is 214 Å². The maximum Gasteiger partial charge on any atom is 0.343 e. The molecule has 36 heavy (non-hydrogen) atoms. The number of esters is 1. The quantitative estimate of drug-likeness (QED) is 0.154. The van der Waals surface area contributed by atoms with Crippen molar-refractivity contribution in [2.45, 2.75) is 20.3 Å². The summed E-state index contributed by atoms with van der Waals surface area (Å²) in [5.74, 6) is 0.756. The molecule has 3 rings (SSSR count). The summed E-state index contributed by atoms with van der Waals surface area (Å²) >= 11 is 6.00. The van der Waals surface area contributed by atoms with Crippen LogP contribution in [0, 0.1) is 0 Å². The molecule has 0 saturated carbocycles. The zero-order valence-electron chi connectivity index (χ0n) is 20.0. The second-order valence-electron chi connectivity index (χ2n) is 7.41. The number of halogens is 1. The summed E-state index contributed by atoms with van der Waals surface area (Å²) in [7, 11) is 0. The fourth-order valence-corrected chi connectivity index (χ4v) is 3.13. The van der Waals surface area contributed by atoms with Gasteiger partial charge >= 0.3 is 5.97 Å². The van der Waals surface area contributed by atoms with Crippen molar-refractivity contribution in [3.63, 3.8) is 0 Å². The van der Waals surface area contributed by atoms with E-state index < -0.39 is 11.9 Å². The fraction of sp³-hybridized carbons (Fsp3) is 0.222. The average molecular weight is 511 g/mol. The molecule has 0 unspecified atom stereocenters. The number of ether oxygens (including phenoxy) is 4. The zero-order valence-corrected chi connectivity index (χ0v) is 20.8. The molecule has 8 nitrogen and oxygen atoms in total. The van der Waals surface area contributed by atoms with Gasteiger partial charge < -0.3 is 18.9 Å². The van der Waals surface area contributed by atoms with Crippen LogP contribution in [0.2, 0.25) is 5.02 Å². The summed E-state index contributed by atoms with van der Waals surface area (Å²) in [4.78, 5) is 24.6. The van der Waals surface area contributed by atoms with Crippen molar-refractivity contribution in [1.82, 2.24) is 5.43 Å². The van der Waals surface area contributed by atoms with Crippen LogP contribution in [0.15, 0.2) is 71.8 Å². The predicted octanol–water partition coefficient (Wildman–Crippen LogP) is 5.28. The molecule has 0 fully saturated rings. The van der Waals surface area contributed by atoms with E-state index in [2.05, 4.69) is 10.5 Å². The summed E-state index contributed by atoms with van der Waals surface area (Å²) in [6.45, 7) is 4.57. The molecular formula is C27H27ClN2O6. The SMILES string of the molecule is CCCOc1ccc(C(=O)Oc2ccc(/C=N/NC(=O)COc3ccccc3Cl)cc2OCC)cc1. The Hall–Kier alpha value is -4.04. The second-order valence-corrected chi connectivity index (χ2v) is 7.82. The second kappa shape index (κ2) is 13.7. The van der Waals surface area contributed by atoms with Crippen LogP contribution < -0.4 is 24.4 Å². The number of amides is 1. The van der Waals surface area contributed by atoms with Crippen molar-refractivity contribution in [3.8, 4) is 23.0 Å². The topological polar surface area (TPSA) is 95.5 Å². The molecule has 3 aromatic carbocycles. The van der Waals surface area contributed by atoms with Gasteiger partial charge in [-0.2, -0.15) is 5.10 Å². The summed E-state index contributed by atoms with van der Waals surface area (Å²) < 4.78 is 22.1. The Morgan fingerprint density at radius 2 is 1.69 bits per heavy atom. The van der Waals surface area contributed by atoms with Crippen molar-refractivity contribution in [2.75, 3.05) is 19.8 Å². The number of carbonyl (C=O) groups excluding carboxylic acids is 2. The molecule has 0 aliphatic carbocycles. The number of para-hydroxylation sites is 1. The molecule has 188 valence electrons. The Balaban J connectivity index is 1.58. The van der Waals surface area contributed by atoms with Crippen molar-refractivity contribution >= 4 is 29.7 Å². The van der Waals surface area contributed by atoms with Crippen LogP contribution in [0.3, 0.4) is 0 Å². The highest BCUT2D eigenvalue weighted by molar-refractivity contribution is 6.32. The van der Waals surface area contributed by atoms with E-state index in [4.69, 9.17) is 30.5 Å². The van der Waals surface area contributed by atoms with Crippen molar-refractivity contribution < 1.29 is 28.5 Å². The Kier molecular flexibility index (Phi) is 10.1. The van der Waals surface area contributed by atoms with Gasteiger partial charge in [-0.3, -0.25) is 4.79 Å². The van der Waals surface area contributed by atoms with E-state index in [-0.39, 0.29) is 12.4 Å². The van der Waals surface area contributed by atoms with E-state index in [9.17, 15) is 9.59 Å². The lowest BCUT2D eigenvalue weighted by Crippen LogP contribution is -2.24. The van der Waals surface area contributed by atoms with Crippen molar-refractivity contribution in [2.24, 2.45) is 5.10 Å². The molecule has 0 aliphatic heterocycles. The summed E-state index contributed by atoms with van der Waals surface area (Å²) in [5.41, 5.74) is 3.39. The number of nitrogens with one attached hydrogen (secondary N) is 1. The van der Waals surface area contributed by atoms with Gasteiger partial charge in [0.25, 0.3) is 5.91 Å². The van der Waals surface area contributed by atoms with Crippen LogP contribution in [-0.2, 0) is 4.79 Å². The van der Waals surface area contributed by atoms with E-state index in [1.807, 2.05) is 13.8 Å². The van der Waals surface area contributed by atoms with Crippen LogP contribution >= 0.6 is 11.6 Å². The van der Waals surface area contributed by atoms with E-state index >= 15 is 0 Å². The van der Waals surface area contributed by atoms with Crippen LogP contribution in [0.4, 0.5) is 0 Å². The minimum atomic E-state index is -0.523. The fourth-order valence-electron chi connectivity index (χ4n) is 2.94. The molecule has 0 atom stereocenters. The molecule has 3 aromatic rings. The van der Waals surface area contributed by atoms with Gasteiger partial charge in [0, 0.05) is 0 Å². The first-order chi connectivity index (χ1) is 17.5. The normalized spacial score (nSPS) is 10.6. The highest BCUT2D eigenvalue weighted by Gasteiger charge is 2.14. The van der Waals surface area contributed by atoms with E-state index in [1.54, 1.807) is 66.7 Å². The zero-order chi connectivity index (χ0) is 25.8. The Bertz CT molecular complexity index is 1200. The average Bonchev–Trinajstić information content (AvgIpc) is 2.89. The molecule has 0 aromatic heterocycles. The lowest BCUT2D eigenvalue weighted by atomic mass is 10.2. The van der Waals surface area contributed by atoms with Crippen LogP contribution in [0.25, 0.3) is 0 Å². The third-order valence-electron chi connectivity index (χ3n) is 4.63. The number of carbonyl (C=O) groups is 2. The number of hydrogen-bond acceptors (Lipinski definition) is 7. The Morgan fingerprint density at radius 3 is 2.42 bits per heavy atom. The number of hydrogen-bond donors (Lipinski definition) is 1. The van der Waals surface area contributed by atoms with Gasteiger partial charge in [-0.25, -0.2) is 10.2 Å². The molecule has 1 N–H and O–H groups in total.